The van der Waals surface area contributed by atoms with Crippen molar-refractivity contribution in [2.24, 2.45) is 0 Å². The molecule has 2 aromatic carbocycles. The fourth-order valence-electron chi connectivity index (χ4n) is 2.83. The van der Waals surface area contributed by atoms with Gasteiger partial charge in [0.25, 0.3) is 5.91 Å². The SMILES string of the molecule is C/C=C/C(=O)N1CCCc2cccc(SNc3ccc(F)cc3Cl)c21. The summed E-state index contributed by atoms with van der Waals surface area (Å²) < 4.78 is 16.3. The lowest BCUT2D eigenvalue weighted by Gasteiger charge is -2.30. The van der Waals surface area contributed by atoms with Gasteiger partial charge in [0.15, 0.2) is 0 Å². The van der Waals surface area contributed by atoms with Crippen LogP contribution in [0.2, 0.25) is 5.02 Å². The van der Waals surface area contributed by atoms with E-state index in [2.05, 4.69) is 10.8 Å². The van der Waals surface area contributed by atoms with Crippen molar-refractivity contribution in [3.8, 4) is 0 Å². The van der Waals surface area contributed by atoms with Gasteiger partial charge >= 0.3 is 0 Å². The molecule has 0 fully saturated rings. The average molecular weight is 377 g/mol. The van der Waals surface area contributed by atoms with Gasteiger partial charge in [0.2, 0.25) is 0 Å². The number of carbonyl (C=O) groups excluding carboxylic acids is 1. The highest BCUT2D eigenvalue weighted by Gasteiger charge is 2.24. The summed E-state index contributed by atoms with van der Waals surface area (Å²) in [5, 5.41) is 0.319. The molecule has 0 aromatic heterocycles. The van der Waals surface area contributed by atoms with Gasteiger partial charge in [0.05, 0.1) is 21.3 Å². The predicted molar refractivity (Wildman–Crippen MR) is 103 cm³/mol. The van der Waals surface area contributed by atoms with E-state index in [4.69, 9.17) is 11.6 Å². The lowest BCUT2D eigenvalue weighted by molar-refractivity contribution is -0.114. The van der Waals surface area contributed by atoms with Crippen LogP contribution in [-0.2, 0) is 11.2 Å². The summed E-state index contributed by atoms with van der Waals surface area (Å²) >= 11 is 7.44. The predicted octanol–water partition coefficient (Wildman–Crippen LogP) is 5.45. The van der Waals surface area contributed by atoms with Crippen LogP contribution in [0.3, 0.4) is 0 Å². The molecule has 0 spiro atoms. The van der Waals surface area contributed by atoms with E-state index in [1.807, 2.05) is 24.0 Å². The van der Waals surface area contributed by atoms with Crippen LogP contribution >= 0.6 is 23.5 Å². The number of fused-ring (bicyclic) bond motifs is 1. The van der Waals surface area contributed by atoms with Crippen molar-refractivity contribution in [3.63, 3.8) is 0 Å². The van der Waals surface area contributed by atoms with Crippen LogP contribution in [0.15, 0.2) is 53.4 Å². The second-order valence-corrected chi connectivity index (χ2v) is 6.94. The maximum Gasteiger partial charge on any atom is 0.250 e. The van der Waals surface area contributed by atoms with Crippen LogP contribution in [0, 0.1) is 5.82 Å². The molecule has 1 amide bonds. The third-order valence-electron chi connectivity index (χ3n) is 3.96. The smallest absolute Gasteiger partial charge is 0.250 e. The molecular weight excluding hydrogens is 359 g/mol. The van der Waals surface area contributed by atoms with E-state index in [0.717, 1.165) is 29.0 Å². The molecule has 0 saturated heterocycles. The number of hydrogen-bond donors (Lipinski definition) is 1. The molecule has 130 valence electrons. The number of carbonyl (C=O) groups is 1. The zero-order valence-electron chi connectivity index (χ0n) is 13.8. The normalized spacial score (nSPS) is 13.8. The number of hydrogen-bond acceptors (Lipinski definition) is 3. The van der Waals surface area contributed by atoms with Gasteiger partial charge in [-0.25, -0.2) is 4.39 Å². The standard InChI is InChI=1S/C19H18ClFN2OS/c1-2-5-18(24)23-11-4-7-13-6-3-8-17(19(13)23)25-22-16-10-9-14(21)12-15(16)20/h2-3,5-6,8-10,12,22H,4,7,11H2,1H3/b5-2+. The van der Waals surface area contributed by atoms with E-state index in [1.165, 1.54) is 24.1 Å². The molecule has 1 N–H and O–H groups in total. The molecule has 3 rings (SSSR count). The van der Waals surface area contributed by atoms with Crippen LogP contribution < -0.4 is 9.62 Å². The number of allylic oxidation sites excluding steroid dienone is 1. The Morgan fingerprint density at radius 3 is 2.96 bits per heavy atom. The first kappa shape index (κ1) is 17.8. The Morgan fingerprint density at radius 1 is 1.36 bits per heavy atom. The molecule has 0 atom stereocenters. The monoisotopic (exact) mass is 376 g/mol. The van der Waals surface area contributed by atoms with Crippen LogP contribution in [-0.4, -0.2) is 12.5 Å². The van der Waals surface area contributed by atoms with Gasteiger partial charge < -0.3 is 9.62 Å². The Hall–Kier alpha value is -1.98. The zero-order valence-corrected chi connectivity index (χ0v) is 15.3. The molecule has 0 aliphatic carbocycles. The third kappa shape index (κ3) is 3.99. The Balaban J connectivity index is 1.88. The molecule has 3 nitrogen and oxygen atoms in total. The van der Waals surface area contributed by atoms with Crippen LogP contribution in [0.25, 0.3) is 0 Å². The van der Waals surface area contributed by atoms with E-state index >= 15 is 0 Å². The second kappa shape index (κ2) is 7.93. The third-order valence-corrected chi connectivity index (χ3v) is 5.14. The number of benzene rings is 2. The first-order chi connectivity index (χ1) is 12.1. The number of nitrogens with zero attached hydrogens (tertiary/aromatic N) is 1. The maximum atomic E-state index is 13.2. The number of aryl methyl sites for hydroxylation is 1. The van der Waals surface area contributed by atoms with Crippen LogP contribution in [0.1, 0.15) is 18.9 Å². The van der Waals surface area contributed by atoms with Crippen molar-refractivity contribution >= 4 is 40.8 Å². The first-order valence-electron chi connectivity index (χ1n) is 8.04. The quantitative estimate of drug-likeness (QED) is 0.568. The fraction of sp³-hybridized carbons (Fsp3) is 0.211. The summed E-state index contributed by atoms with van der Waals surface area (Å²) in [5.41, 5.74) is 2.72. The highest BCUT2D eigenvalue weighted by molar-refractivity contribution is 8.00. The van der Waals surface area contributed by atoms with Crippen molar-refractivity contribution in [1.29, 1.82) is 0 Å². The molecule has 0 bridgehead atoms. The minimum atomic E-state index is -0.374. The highest BCUT2D eigenvalue weighted by Crippen LogP contribution is 2.38. The van der Waals surface area contributed by atoms with Crippen LogP contribution in [0.4, 0.5) is 15.8 Å². The Kier molecular flexibility index (Phi) is 5.66. The summed E-state index contributed by atoms with van der Waals surface area (Å²) in [7, 11) is 0. The maximum absolute atomic E-state index is 13.2. The summed E-state index contributed by atoms with van der Waals surface area (Å²) in [6.07, 6.45) is 5.23. The number of nitrogens with one attached hydrogen (secondary N) is 1. The van der Waals surface area contributed by atoms with Gasteiger partial charge in [-0.15, -0.1) is 0 Å². The second-order valence-electron chi connectivity index (χ2n) is 5.69. The Labute approximate surface area is 156 Å². The molecule has 2 aromatic rings. The number of rotatable bonds is 4. The van der Waals surface area contributed by atoms with Gasteiger partial charge in [-0.3, -0.25) is 4.79 Å². The first-order valence-corrected chi connectivity index (χ1v) is 9.23. The van der Waals surface area contributed by atoms with E-state index < -0.39 is 0 Å². The van der Waals surface area contributed by atoms with Crippen molar-refractivity contribution in [3.05, 3.63) is 65.0 Å². The molecule has 0 radical (unpaired) electrons. The van der Waals surface area contributed by atoms with E-state index in [1.54, 1.807) is 18.2 Å². The van der Waals surface area contributed by atoms with Crippen molar-refractivity contribution < 1.29 is 9.18 Å². The van der Waals surface area contributed by atoms with Gasteiger partial charge in [-0.2, -0.15) is 0 Å². The number of para-hydroxylation sites is 1. The molecule has 6 heteroatoms. The number of amides is 1. The molecule has 0 saturated carbocycles. The van der Waals surface area contributed by atoms with Gasteiger partial charge in [0.1, 0.15) is 5.82 Å². The average Bonchev–Trinajstić information content (AvgIpc) is 2.60. The summed E-state index contributed by atoms with van der Waals surface area (Å²) in [6.45, 7) is 2.53. The number of halogens is 2. The van der Waals surface area contributed by atoms with E-state index in [-0.39, 0.29) is 11.7 Å². The molecule has 1 aliphatic rings. The molecular formula is C19H18ClFN2OS. The minimum Gasteiger partial charge on any atom is -0.324 e. The largest absolute Gasteiger partial charge is 0.324 e. The van der Waals surface area contributed by atoms with Crippen molar-refractivity contribution in [2.75, 3.05) is 16.2 Å². The van der Waals surface area contributed by atoms with Crippen LogP contribution in [0.5, 0.6) is 0 Å². The summed E-state index contributed by atoms with van der Waals surface area (Å²) in [5.74, 6) is -0.392. The Morgan fingerprint density at radius 2 is 2.20 bits per heavy atom. The van der Waals surface area contributed by atoms with Crippen molar-refractivity contribution in [2.45, 2.75) is 24.7 Å². The summed E-state index contributed by atoms with van der Waals surface area (Å²) in [4.78, 5) is 15.2. The van der Waals surface area contributed by atoms with E-state index in [9.17, 15) is 9.18 Å². The molecule has 25 heavy (non-hydrogen) atoms. The highest BCUT2D eigenvalue weighted by atomic mass is 35.5. The summed E-state index contributed by atoms with van der Waals surface area (Å²) in [6, 6.07) is 10.2. The molecule has 1 aliphatic heterocycles. The molecule has 1 heterocycles. The zero-order chi connectivity index (χ0) is 17.8. The van der Waals surface area contributed by atoms with E-state index in [0.29, 0.717) is 17.3 Å². The van der Waals surface area contributed by atoms with Gasteiger partial charge in [-0.05, 0) is 67.6 Å². The van der Waals surface area contributed by atoms with Gasteiger partial charge in [-0.1, -0.05) is 29.8 Å². The minimum absolute atomic E-state index is 0.0173. The number of anilines is 2. The Bertz CT molecular complexity index is 825. The lowest BCUT2D eigenvalue weighted by Crippen LogP contribution is -2.34. The van der Waals surface area contributed by atoms with Gasteiger partial charge in [0, 0.05) is 6.54 Å². The topological polar surface area (TPSA) is 32.3 Å². The van der Waals surface area contributed by atoms with Crippen molar-refractivity contribution in [1.82, 2.24) is 0 Å². The molecule has 0 unspecified atom stereocenters. The fourth-order valence-corrected chi connectivity index (χ4v) is 3.99. The lowest BCUT2D eigenvalue weighted by atomic mass is 10.0.